The number of carbonyl (C=O) groups excluding carboxylic acids is 1. The molecular formula is C19H27ClN2O3. The number of amides is 1. The van der Waals surface area contributed by atoms with Gasteiger partial charge in [-0.25, -0.2) is 0 Å². The fourth-order valence-electron chi connectivity index (χ4n) is 3.70. The molecule has 2 fully saturated rings. The Balaban J connectivity index is 1.86. The van der Waals surface area contributed by atoms with Gasteiger partial charge in [0.05, 0.1) is 18.7 Å². The van der Waals surface area contributed by atoms with Crippen LogP contribution in [0.5, 0.6) is 11.5 Å². The molecule has 2 aliphatic heterocycles. The van der Waals surface area contributed by atoms with E-state index in [0.29, 0.717) is 40.7 Å². The van der Waals surface area contributed by atoms with Crippen LogP contribution < -0.4 is 14.8 Å². The molecule has 0 aliphatic carbocycles. The van der Waals surface area contributed by atoms with E-state index in [-0.39, 0.29) is 11.9 Å². The summed E-state index contributed by atoms with van der Waals surface area (Å²) in [5.41, 5.74) is 0.567. The van der Waals surface area contributed by atoms with Crippen molar-refractivity contribution in [2.75, 3.05) is 26.8 Å². The van der Waals surface area contributed by atoms with Crippen LogP contribution in [0.4, 0.5) is 0 Å². The molecule has 1 aromatic carbocycles. The van der Waals surface area contributed by atoms with Crippen molar-refractivity contribution in [2.45, 2.75) is 45.2 Å². The highest BCUT2D eigenvalue weighted by atomic mass is 35.5. The first-order valence-electron chi connectivity index (χ1n) is 9.05. The van der Waals surface area contributed by atoms with E-state index in [1.165, 1.54) is 0 Å². The van der Waals surface area contributed by atoms with Crippen molar-refractivity contribution in [3.05, 3.63) is 22.7 Å². The number of hydrogen-bond acceptors (Lipinski definition) is 4. The number of benzene rings is 1. The zero-order chi connectivity index (χ0) is 18.0. The Kier molecular flexibility index (Phi) is 5.74. The Morgan fingerprint density at radius 2 is 2.08 bits per heavy atom. The van der Waals surface area contributed by atoms with E-state index in [9.17, 15) is 4.79 Å². The topological polar surface area (TPSA) is 50.8 Å². The highest BCUT2D eigenvalue weighted by Crippen LogP contribution is 2.38. The zero-order valence-corrected chi connectivity index (χ0v) is 15.9. The summed E-state index contributed by atoms with van der Waals surface area (Å²) >= 11 is 6.41. The summed E-state index contributed by atoms with van der Waals surface area (Å²) in [5.74, 6) is 1.43. The maximum Gasteiger partial charge on any atom is 0.254 e. The zero-order valence-electron chi connectivity index (χ0n) is 15.2. The lowest BCUT2D eigenvalue weighted by Crippen LogP contribution is -2.42. The molecule has 0 spiro atoms. The van der Waals surface area contributed by atoms with Crippen molar-refractivity contribution < 1.29 is 14.3 Å². The van der Waals surface area contributed by atoms with E-state index in [4.69, 9.17) is 21.1 Å². The lowest BCUT2D eigenvalue weighted by Gasteiger charge is -2.28. The number of carbonyl (C=O) groups is 1. The smallest absolute Gasteiger partial charge is 0.254 e. The predicted molar refractivity (Wildman–Crippen MR) is 98.8 cm³/mol. The summed E-state index contributed by atoms with van der Waals surface area (Å²) in [5, 5.41) is 3.84. The summed E-state index contributed by atoms with van der Waals surface area (Å²) in [6.45, 7) is 6.52. The Labute approximate surface area is 154 Å². The van der Waals surface area contributed by atoms with Crippen LogP contribution in [0.25, 0.3) is 0 Å². The van der Waals surface area contributed by atoms with Gasteiger partial charge in [0.1, 0.15) is 0 Å². The molecular weight excluding hydrogens is 340 g/mol. The largest absolute Gasteiger partial charge is 0.493 e. The minimum absolute atomic E-state index is 0.0341. The third-order valence-corrected chi connectivity index (χ3v) is 5.21. The summed E-state index contributed by atoms with van der Waals surface area (Å²) in [7, 11) is 1.57. The van der Waals surface area contributed by atoms with E-state index in [1.54, 1.807) is 19.2 Å². The normalized spacial score (nSPS) is 22.8. The molecule has 2 heterocycles. The highest BCUT2D eigenvalue weighted by Gasteiger charge is 2.38. The molecule has 0 saturated carbocycles. The van der Waals surface area contributed by atoms with Crippen LogP contribution in [-0.2, 0) is 0 Å². The molecule has 2 bridgehead atoms. The molecule has 0 aromatic heterocycles. The van der Waals surface area contributed by atoms with Gasteiger partial charge in [-0.3, -0.25) is 4.79 Å². The van der Waals surface area contributed by atoms with Gasteiger partial charge in [0, 0.05) is 24.2 Å². The second-order valence-electron chi connectivity index (χ2n) is 7.28. The van der Waals surface area contributed by atoms with Crippen LogP contribution in [0.1, 0.15) is 43.5 Å². The van der Waals surface area contributed by atoms with Crippen molar-refractivity contribution >= 4 is 17.5 Å². The number of hydrogen-bond donors (Lipinski definition) is 1. The average molecular weight is 367 g/mol. The molecule has 1 N–H and O–H groups in total. The number of fused-ring (bicyclic) bond motifs is 2. The molecule has 6 heteroatoms. The molecule has 2 aliphatic rings. The van der Waals surface area contributed by atoms with E-state index in [2.05, 4.69) is 19.2 Å². The molecule has 2 saturated heterocycles. The number of halogens is 1. The molecule has 0 radical (unpaired) electrons. The first kappa shape index (κ1) is 18.3. The first-order chi connectivity index (χ1) is 12.0. The number of rotatable bonds is 5. The van der Waals surface area contributed by atoms with Gasteiger partial charge in [0.15, 0.2) is 11.5 Å². The Morgan fingerprint density at radius 1 is 1.32 bits per heavy atom. The maximum absolute atomic E-state index is 13.2. The van der Waals surface area contributed by atoms with Crippen molar-refractivity contribution in [3.63, 3.8) is 0 Å². The third-order valence-electron chi connectivity index (χ3n) is 4.93. The highest BCUT2D eigenvalue weighted by molar-refractivity contribution is 6.32. The van der Waals surface area contributed by atoms with Crippen LogP contribution in [0.15, 0.2) is 12.1 Å². The van der Waals surface area contributed by atoms with E-state index in [1.807, 2.05) is 4.90 Å². The van der Waals surface area contributed by atoms with Crippen LogP contribution in [0.2, 0.25) is 5.02 Å². The van der Waals surface area contributed by atoms with Gasteiger partial charge in [-0.1, -0.05) is 25.4 Å². The lowest BCUT2D eigenvalue weighted by atomic mass is 10.1. The predicted octanol–water partition coefficient (Wildman–Crippen LogP) is 3.35. The molecule has 1 amide bonds. The molecule has 3 rings (SSSR count). The molecule has 2 atom stereocenters. The maximum atomic E-state index is 13.2. The summed E-state index contributed by atoms with van der Waals surface area (Å²) in [4.78, 5) is 15.2. The summed E-state index contributed by atoms with van der Waals surface area (Å²) in [6, 6.07) is 4.04. The second kappa shape index (κ2) is 7.83. The Bertz CT molecular complexity index is 621. The number of nitrogens with one attached hydrogen (secondary N) is 1. The quantitative estimate of drug-likeness (QED) is 0.868. The molecule has 25 heavy (non-hydrogen) atoms. The fourth-order valence-corrected chi connectivity index (χ4v) is 3.96. The van der Waals surface area contributed by atoms with Crippen LogP contribution in [0.3, 0.4) is 0 Å². The van der Waals surface area contributed by atoms with Crippen molar-refractivity contribution in [3.8, 4) is 11.5 Å². The Morgan fingerprint density at radius 3 is 2.80 bits per heavy atom. The fraction of sp³-hybridized carbons (Fsp3) is 0.632. The Hall–Kier alpha value is -1.46. The molecule has 2 unspecified atom stereocenters. The van der Waals surface area contributed by atoms with E-state index in [0.717, 1.165) is 32.4 Å². The van der Waals surface area contributed by atoms with Gasteiger partial charge in [-0.2, -0.15) is 0 Å². The van der Waals surface area contributed by atoms with Gasteiger partial charge >= 0.3 is 0 Å². The molecule has 5 nitrogen and oxygen atoms in total. The van der Waals surface area contributed by atoms with Gasteiger partial charge < -0.3 is 19.7 Å². The standard InChI is InChI=1S/C19H27ClN2O3/c1-12(2)11-25-18-16(20)8-13(9-17(18)24-3)19(23)22-14-4-5-15(22)10-21-7-6-14/h8-9,12,14-15,21H,4-7,10-11H2,1-3H3. The van der Waals surface area contributed by atoms with Crippen LogP contribution in [-0.4, -0.2) is 49.7 Å². The van der Waals surface area contributed by atoms with Crippen molar-refractivity contribution in [1.29, 1.82) is 0 Å². The minimum Gasteiger partial charge on any atom is -0.493 e. The van der Waals surface area contributed by atoms with E-state index >= 15 is 0 Å². The molecule has 138 valence electrons. The van der Waals surface area contributed by atoms with Gasteiger partial charge in [-0.15, -0.1) is 0 Å². The van der Waals surface area contributed by atoms with E-state index < -0.39 is 0 Å². The van der Waals surface area contributed by atoms with Gasteiger partial charge in [0.25, 0.3) is 5.91 Å². The monoisotopic (exact) mass is 366 g/mol. The minimum atomic E-state index is 0.0341. The second-order valence-corrected chi connectivity index (χ2v) is 7.69. The SMILES string of the molecule is COc1cc(C(=O)N2C3CCNCC2CC3)cc(Cl)c1OCC(C)C. The third kappa shape index (κ3) is 3.87. The van der Waals surface area contributed by atoms with Gasteiger partial charge in [-0.05, 0) is 43.9 Å². The first-order valence-corrected chi connectivity index (χ1v) is 9.42. The summed E-state index contributed by atoms with van der Waals surface area (Å²) < 4.78 is 11.2. The molecule has 1 aromatic rings. The van der Waals surface area contributed by atoms with Crippen molar-refractivity contribution in [2.24, 2.45) is 5.92 Å². The van der Waals surface area contributed by atoms with Crippen LogP contribution in [0, 0.1) is 5.92 Å². The number of nitrogens with zero attached hydrogens (tertiary/aromatic N) is 1. The number of methoxy groups -OCH3 is 1. The summed E-state index contributed by atoms with van der Waals surface area (Å²) in [6.07, 6.45) is 3.14. The van der Waals surface area contributed by atoms with Crippen LogP contribution >= 0.6 is 11.6 Å². The average Bonchev–Trinajstić information content (AvgIpc) is 2.84. The lowest BCUT2D eigenvalue weighted by molar-refractivity contribution is 0.0680. The number of ether oxygens (including phenoxy) is 2. The van der Waals surface area contributed by atoms with Gasteiger partial charge in [0.2, 0.25) is 0 Å². The van der Waals surface area contributed by atoms with Crippen molar-refractivity contribution in [1.82, 2.24) is 10.2 Å².